The Hall–Kier alpha value is -0.210. The molecule has 3 heteroatoms. The van der Waals surface area contributed by atoms with Gasteiger partial charge in [0, 0.05) is 0 Å². The Labute approximate surface area is 64.8 Å². The van der Waals surface area contributed by atoms with Crippen LogP contribution in [0.4, 0.5) is 13.2 Å². The summed E-state index contributed by atoms with van der Waals surface area (Å²) in [6.45, 7) is 3.49. The SMILES string of the molecule is CCC[C@@]1(C(F)(F)F)C[C@H]1C. The van der Waals surface area contributed by atoms with Crippen LogP contribution in [0, 0.1) is 11.3 Å². The monoisotopic (exact) mass is 166 g/mol. The Kier molecular flexibility index (Phi) is 1.93. The maximum Gasteiger partial charge on any atom is 0.394 e. The molecule has 2 atom stereocenters. The van der Waals surface area contributed by atoms with Gasteiger partial charge in [0.05, 0.1) is 5.41 Å². The number of alkyl halides is 3. The average Bonchev–Trinajstić information content (AvgIpc) is 2.42. The first-order valence-electron chi connectivity index (χ1n) is 4.01. The molecule has 1 saturated carbocycles. The van der Waals surface area contributed by atoms with Crippen molar-refractivity contribution in [1.29, 1.82) is 0 Å². The number of hydrogen-bond donors (Lipinski definition) is 0. The van der Waals surface area contributed by atoms with Crippen molar-refractivity contribution in [3.05, 3.63) is 0 Å². The van der Waals surface area contributed by atoms with E-state index in [1.807, 2.05) is 0 Å². The van der Waals surface area contributed by atoms with E-state index in [4.69, 9.17) is 0 Å². The molecule has 66 valence electrons. The molecule has 0 heterocycles. The second-order valence-electron chi connectivity index (χ2n) is 3.51. The summed E-state index contributed by atoms with van der Waals surface area (Å²) in [7, 11) is 0. The molecule has 1 fully saturated rings. The second-order valence-corrected chi connectivity index (χ2v) is 3.51. The van der Waals surface area contributed by atoms with Gasteiger partial charge in [-0.05, 0) is 18.8 Å². The van der Waals surface area contributed by atoms with Crippen molar-refractivity contribution in [2.24, 2.45) is 11.3 Å². The van der Waals surface area contributed by atoms with Gasteiger partial charge in [0.15, 0.2) is 0 Å². The standard InChI is InChI=1S/C8H13F3/c1-3-4-7(5-6(7)2)8(9,10)11/h6H,3-5H2,1-2H3/t6-,7-/m1/s1. The molecule has 0 aliphatic heterocycles. The van der Waals surface area contributed by atoms with Crippen LogP contribution < -0.4 is 0 Å². The summed E-state index contributed by atoms with van der Waals surface area (Å²) in [5.74, 6) is -0.151. The van der Waals surface area contributed by atoms with E-state index in [9.17, 15) is 13.2 Å². The van der Waals surface area contributed by atoms with Gasteiger partial charge in [0.25, 0.3) is 0 Å². The predicted molar refractivity (Wildman–Crippen MR) is 37.2 cm³/mol. The zero-order valence-corrected chi connectivity index (χ0v) is 6.83. The van der Waals surface area contributed by atoms with Crippen molar-refractivity contribution in [3.63, 3.8) is 0 Å². The molecule has 0 nitrogen and oxygen atoms in total. The van der Waals surface area contributed by atoms with Gasteiger partial charge in [-0.3, -0.25) is 0 Å². The molecule has 0 saturated heterocycles. The first-order chi connectivity index (χ1) is 4.94. The van der Waals surface area contributed by atoms with Gasteiger partial charge in [0.1, 0.15) is 0 Å². The van der Waals surface area contributed by atoms with E-state index in [1.165, 1.54) is 0 Å². The molecule has 0 amide bonds. The molecular formula is C8H13F3. The number of hydrogen-bond acceptors (Lipinski definition) is 0. The minimum absolute atomic E-state index is 0.151. The highest BCUT2D eigenvalue weighted by Crippen LogP contribution is 2.64. The van der Waals surface area contributed by atoms with Crippen LogP contribution in [0.3, 0.4) is 0 Å². The topological polar surface area (TPSA) is 0 Å². The molecule has 0 bridgehead atoms. The van der Waals surface area contributed by atoms with Crippen molar-refractivity contribution in [1.82, 2.24) is 0 Å². The third-order valence-corrected chi connectivity index (χ3v) is 2.71. The predicted octanol–water partition coefficient (Wildman–Crippen LogP) is 3.38. The molecule has 0 aromatic rings. The van der Waals surface area contributed by atoms with Crippen LogP contribution in [0.5, 0.6) is 0 Å². The van der Waals surface area contributed by atoms with Crippen LogP contribution >= 0.6 is 0 Å². The van der Waals surface area contributed by atoms with E-state index < -0.39 is 11.6 Å². The zero-order valence-electron chi connectivity index (χ0n) is 6.83. The molecule has 0 N–H and O–H groups in total. The van der Waals surface area contributed by atoms with Gasteiger partial charge < -0.3 is 0 Å². The first-order valence-corrected chi connectivity index (χ1v) is 4.01. The Morgan fingerprint density at radius 2 is 1.91 bits per heavy atom. The summed E-state index contributed by atoms with van der Waals surface area (Å²) in [4.78, 5) is 0. The lowest BCUT2D eigenvalue weighted by atomic mass is 9.97. The van der Waals surface area contributed by atoms with Gasteiger partial charge in [0.2, 0.25) is 0 Å². The molecule has 1 aliphatic rings. The Morgan fingerprint density at radius 3 is 2.00 bits per heavy atom. The Bertz CT molecular complexity index is 150. The van der Waals surface area contributed by atoms with Crippen LogP contribution in [0.25, 0.3) is 0 Å². The molecule has 0 unspecified atom stereocenters. The van der Waals surface area contributed by atoms with E-state index >= 15 is 0 Å². The van der Waals surface area contributed by atoms with Crippen LogP contribution in [-0.2, 0) is 0 Å². The smallest absolute Gasteiger partial charge is 0.170 e. The van der Waals surface area contributed by atoms with Crippen molar-refractivity contribution in [2.75, 3.05) is 0 Å². The van der Waals surface area contributed by atoms with Gasteiger partial charge >= 0.3 is 6.18 Å². The van der Waals surface area contributed by atoms with Gasteiger partial charge in [-0.15, -0.1) is 0 Å². The molecule has 0 spiro atoms. The van der Waals surface area contributed by atoms with Crippen LogP contribution in [0.2, 0.25) is 0 Å². The van der Waals surface area contributed by atoms with Crippen LogP contribution in [0.15, 0.2) is 0 Å². The lowest BCUT2D eigenvalue weighted by Gasteiger charge is -2.19. The Morgan fingerprint density at radius 1 is 1.45 bits per heavy atom. The fraction of sp³-hybridized carbons (Fsp3) is 1.00. The highest BCUT2D eigenvalue weighted by atomic mass is 19.4. The van der Waals surface area contributed by atoms with Gasteiger partial charge in [-0.2, -0.15) is 13.2 Å². The third kappa shape index (κ3) is 1.25. The minimum atomic E-state index is -3.97. The second kappa shape index (κ2) is 2.39. The normalized spacial score (nSPS) is 37.4. The largest absolute Gasteiger partial charge is 0.394 e. The van der Waals surface area contributed by atoms with Crippen LogP contribution in [-0.4, -0.2) is 6.18 Å². The fourth-order valence-corrected chi connectivity index (χ4v) is 1.82. The summed E-state index contributed by atoms with van der Waals surface area (Å²) in [5.41, 5.74) is -1.30. The molecule has 1 aliphatic carbocycles. The summed E-state index contributed by atoms with van der Waals surface area (Å²) in [6.07, 6.45) is -2.70. The van der Waals surface area contributed by atoms with E-state index in [0.717, 1.165) is 0 Å². The van der Waals surface area contributed by atoms with E-state index in [0.29, 0.717) is 19.3 Å². The molecule has 1 rings (SSSR count). The summed E-state index contributed by atoms with van der Waals surface area (Å²) >= 11 is 0. The fourth-order valence-electron chi connectivity index (χ4n) is 1.82. The third-order valence-electron chi connectivity index (χ3n) is 2.71. The number of rotatable bonds is 2. The van der Waals surface area contributed by atoms with Crippen molar-refractivity contribution in [2.45, 2.75) is 39.3 Å². The summed E-state index contributed by atoms with van der Waals surface area (Å²) in [6, 6.07) is 0. The molecule has 11 heavy (non-hydrogen) atoms. The highest BCUT2D eigenvalue weighted by molar-refractivity contribution is 5.04. The summed E-state index contributed by atoms with van der Waals surface area (Å²) in [5, 5.41) is 0. The van der Waals surface area contributed by atoms with Gasteiger partial charge in [-0.1, -0.05) is 20.3 Å². The maximum atomic E-state index is 12.3. The lowest BCUT2D eigenvalue weighted by Crippen LogP contribution is -2.26. The van der Waals surface area contributed by atoms with E-state index in [2.05, 4.69) is 0 Å². The van der Waals surface area contributed by atoms with Crippen LogP contribution in [0.1, 0.15) is 33.1 Å². The van der Waals surface area contributed by atoms with Crippen molar-refractivity contribution < 1.29 is 13.2 Å². The molecule has 0 aromatic heterocycles. The summed E-state index contributed by atoms with van der Waals surface area (Å²) < 4.78 is 37.0. The molecular weight excluding hydrogens is 153 g/mol. The van der Waals surface area contributed by atoms with Crippen molar-refractivity contribution >= 4 is 0 Å². The Balaban J connectivity index is 2.64. The molecule has 0 aromatic carbocycles. The van der Waals surface area contributed by atoms with Crippen molar-refractivity contribution in [3.8, 4) is 0 Å². The number of halogens is 3. The average molecular weight is 166 g/mol. The van der Waals surface area contributed by atoms with Gasteiger partial charge in [-0.25, -0.2) is 0 Å². The van der Waals surface area contributed by atoms with E-state index in [-0.39, 0.29) is 5.92 Å². The maximum absolute atomic E-state index is 12.3. The highest BCUT2D eigenvalue weighted by Gasteiger charge is 2.67. The lowest BCUT2D eigenvalue weighted by molar-refractivity contribution is -0.193. The first kappa shape index (κ1) is 8.88. The molecule has 0 radical (unpaired) electrons. The zero-order chi connectivity index (χ0) is 8.70. The minimum Gasteiger partial charge on any atom is -0.170 e. The van der Waals surface area contributed by atoms with E-state index in [1.54, 1.807) is 13.8 Å². The quantitative estimate of drug-likeness (QED) is 0.590.